The number of nitrogens with one attached hydrogen (secondary N) is 2. The third-order valence-electron chi connectivity index (χ3n) is 3.86. The molecule has 1 unspecified atom stereocenters. The fraction of sp³-hybridized carbons (Fsp3) is 0.556. The molecule has 6 nitrogen and oxygen atoms in total. The van der Waals surface area contributed by atoms with Crippen molar-refractivity contribution in [2.45, 2.75) is 45.3 Å². The number of ether oxygens (including phenoxy) is 1. The maximum Gasteiger partial charge on any atom is 0.412 e. The number of rotatable bonds is 4. The second-order valence-corrected chi connectivity index (χ2v) is 7.30. The quantitative estimate of drug-likeness (QED) is 0.889. The van der Waals surface area contributed by atoms with Gasteiger partial charge in [0.05, 0.1) is 6.54 Å². The Bertz CT molecular complexity index is 620. The maximum atomic E-state index is 11.8. The summed E-state index contributed by atoms with van der Waals surface area (Å²) in [5.41, 5.74) is 2.59. The summed E-state index contributed by atoms with van der Waals surface area (Å²) < 4.78 is 5.26. The number of likely N-dealkylation sites (N-methyl/N-ethyl adjacent to an activating group) is 1. The van der Waals surface area contributed by atoms with Crippen molar-refractivity contribution in [3.8, 4) is 0 Å². The molecular weight excluding hydrogens is 306 g/mol. The number of benzene rings is 1. The standard InChI is InChI=1S/C18H27N3O3/c1-18(2,3)24-17(23)20-13-7-8-14-12(10-13)6-9-15(14)19-11-16(22)21(4)5/h7-8,10,15,19H,6,9,11H2,1-5H3,(H,20,23). The first kappa shape index (κ1) is 18.3. The van der Waals surface area contributed by atoms with Gasteiger partial charge in [0.2, 0.25) is 5.91 Å². The zero-order chi connectivity index (χ0) is 17.9. The number of fused-ring (bicyclic) bond motifs is 1. The zero-order valence-corrected chi connectivity index (χ0v) is 15.1. The van der Waals surface area contributed by atoms with Crippen molar-refractivity contribution >= 4 is 17.7 Å². The number of anilines is 1. The average Bonchev–Trinajstić information content (AvgIpc) is 2.84. The number of amides is 2. The molecule has 6 heteroatoms. The Hall–Kier alpha value is -2.08. The van der Waals surface area contributed by atoms with E-state index >= 15 is 0 Å². The molecule has 0 bridgehead atoms. The van der Waals surface area contributed by atoms with Gasteiger partial charge in [-0.05, 0) is 56.9 Å². The Balaban J connectivity index is 1.97. The number of hydrogen-bond donors (Lipinski definition) is 2. The molecule has 0 radical (unpaired) electrons. The molecule has 0 fully saturated rings. The number of hydrogen-bond acceptors (Lipinski definition) is 4. The predicted octanol–water partition coefficient (Wildman–Crippen LogP) is 2.70. The Morgan fingerprint density at radius 2 is 2.00 bits per heavy atom. The van der Waals surface area contributed by atoms with Crippen molar-refractivity contribution in [3.63, 3.8) is 0 Å². The van der Waals surface area contributed by atoms with Gasteiger partial charge in [0.15, 0.2) is 0 Å². The van der Waals surface area contributed by atoms with Crippen LogP contribution in [0.15, 0.2) is 18.2 Å². The van der Waals surface area contributed by atoms with E-state index in [1.165, 1.54) is 11.1 Å². The third kappa shape index (κ3) is 4.96. The summed E-state index contributed by atoms with van der Waals surface area (Å²) in [6.07, 6.45) is 1.42. The van der Waals surface area contributed by atoms with Gasteiger partial charge in [-0.3, -0.25) is 10.1 Å². The molecule has 0 spiro atoms. The van der Waals surface area contributed by atoms with Crippen LogP contribution >= 0.6 is 0 Å². The minimum atomic E-state index is -0.519. The lowest BCUT2D eigenvalue weighted by atomic mass is 10.1. The Morgan fingerprint density at radius 3 is 2.62 bits per heavy atom. The molecule has 1 aromatic rings. The molecule has 0 saturated heterocycles. The number of carbonyl (C=O) groups is 2. The van der Waals surface area contributed by atoms with E-state index in [0.717, 1.165) is 18.5 Å². The van der Waals surface area contributed by atoms with Crippen LogP contribution in [0.3, 0.4) is 0 Å². The van der Waals surface area contributed by atoms with Crippen molar-refractivity contribution in [2.75, 3.05) is 26.0 Å². The smallest absolute Gasteiger partial charge is 0.412 e. The van der Waals surface area contributed by atoms with Gasteiger partial charge in [0.25, 0.3) is 0 Å². The van der Waals surface area contributed by atoms with Crippen LogP contribution in [-0.4, -0.2) is 43.1 Å². The molecule has 1 aromatic carbocycles. The second-order valence-electron chi connectivity index (χ2n) is 7.30. The van der Waals surface area contributed by atoms with Gasteiger partial charge in [-0.25, -0.2) is 4.79 Å². The maximum absolute atomic E-state index is 11.8. The molecule has 2 N–H and O–H groups in total. The highest BCUT2D eigenvalue weighted by molar-refractivity contribution is 5.85. The first-order chi connectivity index (χ1) is 11.2. The lowest BCUT2D eigenvalue weighted by Crippen LogP contribution is -2.34. The SMILES string of the molecule is CN(C)C(=O)CNC1CCc2cc(NC(=O)OC(C)(C)C)ccc21. The van der Waals surface area contributed by atoms with Gasteiger partial charge in [-0.1, -0.05) is 6.07 Å². The van der Waals surface area contributed by atoms with Crippen molar-refractivity contribution in [1.82, 2.24) is 10.2 Å². The summed E-state index contributed by atoms with van der Waals surface area (Å²) in [6.45, 7) is 5.83. The minimum Gasteiger partial charge on any atom is -0.444 e. The van der Waals surface area contributed by atoms with Crippen molar-refractivity contribution < 1.29 is 14.3 Å². The molecular formula is C18H27N3O3. The summed E-state index contributed by atoms with van der Waals surface area (Å²) in [5.74, 6) is 0.0617. The van der Waals surface area contributed by atoms with E-state index in [1.807, 2.05) is 39.0 Å². The molecule has 1 aliphatic carbocycles. The highest BCUT2D eigenvalue weighted by Gasteiger charge is 2.24. The molecule has 1 atom stereocenters. The summed E-state index contributed by atoms with van der Waals surface area (Å²) in [6, 6.07) is 6.04. The number of aryl methyl sites for hydroxylation is 1. The van der Waals surface area contributed by atoms with Crippen LogP contribution in [0, 0.1) is 0 Å². The van der Waals surface area contributed by atoms with E-state index in [9.17, 15) is 9.59 Å². The van der Waals surface area contributed by atoms with Crippen molar-refractivity contribution in [3.05, 3.63) is 29.3 Å². The molecule has 0 heterocycles. The molecule has 0 aromatic heterocycles. The molecule has 132 valence electrons. The minimum absolute atomic E-state index is 0.0617. The summed E-state index contributed by atoms with van der Waals surface area (Å²) in [4.78, 5) is 25.1. The molecule has 0 aliphatic heterocycles. The molecule has 2 rings (SSSR count). The van der Waals surface area contributed by atoms with Gasteiger partial charge in [-0.2, -0.15) is 0 Å². The van der Waals surface area contributed by atoms with Crippen LogP contribution in [0.4, 0.5) is 10.5 Å². The number of nitrogens with zero attached hydrogens (tertiary/aromatic N) is 1. The lowest BCUT2D eigenvalue weighted by molar-refractivity contribution is -0.127. The van der Waals surface area contributed by atoms with Crippen LogP contribution in [-0.2, 0) is 16.0 Å². The van der Waals surface area contributed by atoms with E-state index in [2.05, 4.69) is 10.6 Å². The van der Waals surface area contributed by atoms with Gasteiger partial charge in [-0.15, -0.1) is 0 Å². The van der Waals surface area contributed by atoms with Crippen LogP contribution in [0.1, 0.15) is 44.4 Å². The fourth-order valence-corrected chi connectivity index (χ4v) is 2.70. The van der Waals surface area contributed by atoms with Crippen LogP contribution in [0.2, 0.25) is 0 Å². The lowest BCUT2D eigenvalue weighted by Gasteiger charge is -2.20. The van der Waals surface area contributed by atoms with E-state index in [0.29, 0.717) is 6.54 Å². The van der Waals surface area contributed by atoms with Crippen molar-refractivity contribution in [2.24, 2.45) is 0 Å². The summed E-state index contributed by atoms with van der Waals surface area (Å²) in [7, 11) is 3.50. The van der Waals surface area contributed by atoms with Crippen molar-refractivity contribution in [1.29, 1.82) is 0 Å². The highest BCUT2D eigenvalue weighted by atomic mass is 16.6. The number of carbonyl (C=O) groups excluding carboxylic acids is 2. The topological polar surface area (TPSA) is 70.7 Å². The normalized spacial score (nSPS) is 16.5. The monoisotopic (exact) mass is 333 g/mol. The first-order valence-corrected chi connectivity index (χ1v) is 8.22. The first-order valence-electron chi connectivity index (χ1n) is 8.22. The largest absolute Gasteiger partial charge is 0.444 e. The van der Waals surface area contributed by atoms with E-state index in [1.54, 1.807) is 19.0 Å². The Morgan fingerprint density at radius 1 is 1.29 bits per heavy atom. The summed E-state index contributed by atoms with van der Waals surface area (Å²) in [5, 5.41) is 6.07. The second kappa shape index (κ2) is 7.21. The van der Waals surface area contributed by atoms with Gasteiger partial charge >= 0.3 is 6.09 Å². The van der Waals surface area contributed by atoms with E-state index < -0.39 is 11.7 Å². The summed E-state index contributed by atoms with van der Waals surface area (Å²) >= 11 is 0. The average molecular weight is 333 g/mol. The molecule has 0 saturated carbocycles. The highest BCUT2D eigenvalue weighted by Crippen LogP contribution is 2.33. The third-order valence-corrected chi connectivity index (χ3v) is 3.86. The van der Waals surface area contributed by atoms with Gasteiger partial charge in [0.1, 0.15) is 5.60 Å². The zero-order valence-electron chi connectivity index (χ0n) is 15.1. The Labute approximate surface area is 143 Å². The van der Waals surface area contributed by atoms with E-state index in [-0.39, 0.29) is 11.9 Å². The van der Waals surface area contributed by atoms with Gasteiger partial charge < -0.3 is 15.0 Å². The van der Waals surface area contributed by atoms with Gasteiger partial charge in [0, 0.05) is 25.8 Å². The molecule has 2 amide bonds. The predicted molar refractivity (Wildman–Crippen MR) is 94.1 cm³/mol. The Kier molecular flexibility index (Phi) is 5.49. The molecule has 1 aliphatic rings. The fourth-order valence-electron chi connectivity index (χ4n) is 2.70. The van der Waals surface area contributed by atoms with Crippen LogP contribution < -0.4 is 10.6 Å². The molecule has 24 heavy (non-hydrogen) atoms. The van der Waals surface area contributed by atoms with E-state index in [4.69, 9.17) is 4.74 Å². The van der Waals surface area contributed by atoms with Crippen LogP contribution in [0.5, 0.6) is 0 Å². The van der Waals surface area contributed by atoms with Crippen LogP contribution in [0.25, 0.3) is 0 Å².